The molecule has 2 aromatic carbocycles. The van der Waals surface area contributed by atoms with Gasteiger partial charge in [0.15, 0.2) is 16.3 Å². The molecule has 4 rings (SSSR count). The monoisotopic (exact) mass is 468 g/mol. The summed E-state index contributed by atoms with van der Waals surface area (Å²) in [5.74, 6) is 2.70. The molecule has 1 aromatic heterocycles. The fourth-order valence-corrected chi connectivity index (χ4v) is 5.49. The highest BCUT2D eigenvalue weighted by atomic mass is 32.1. The van der Waals surface area contributed by atoms with Gasteiger partial charge in [0.05, 0.1) is 39.8 Å². The molecule has 1 aliphatic rings. The van der Waals surface area contributed by atoms with Crippen LogP contribution in [0.25, 0.3) is 11.3 Å². The topological polar surface area (TPSA) is 54.2 Å². The van der Waals surface area contributed by atoms with Crippen LogP contribution in [0.15, 0.2) is 46.8 Å². The predicted molar refractivity (Wildman–Crippen MR) is 132 cm³/mol. The normalized spacial score (nSPS) is 15.2. The summed E-state index contributed by atoms with van der Waals surface area (Å²) in [5.41, 5.74) is 3.03. The van der Waals surface area contributed by atoms with Gasteiger partial charge in [-0.1, -0.05) is 31.7 Å². The van der Waals surface area contributed by atoms with Gasteiger partial charge < -0.3 is 23.5 Å². The van der Waals surface area contributed by atoms with Gasteiger partial charge in [0.1, 0.15) is 5.75 Å². The van der Waals surface area contributed by atoms with E-state index in [9.17, 15) is 0 Å². The lowest BCUT2D eigenvalue weighted by atomic mass is 10.1. The molecule has 3 aromatic rings. The lowest BCUT2D eigenvalue weighted by Gasteiger charge is -2.21. The van der Waals surface area contributed by atoms with Crippen molar-refractivity contribution in [2.24, 2.45) is 4.99 Å². The average Bonchev–Trinajstić information content (AvgIpc) is 3.08. The number of hydrogen-bond donors (Lipinski definition) is 0. The number of rotatable bonds is 7. The van der Waals surface area contributed by atoms with Crippen LogP contribution in [0.3, 0.4) is 0 Å². The van der Waals surface area contributed by atoms with Crippen LogP contribution in [0, 0.1) is 0 Å². The summed E-state index contributed by atoms with van der Waals surface area (Å²) < 4.78 is 24.6. The van der Waals surface area contributed by atoms with E-state index in [2.05, 4.69) is 9.95 Å². The van der Waals surface area contributed by atoms with Crippen molar-refractivity contribution in [2.45, 2.75) is 44.6 Å². The zero-order valence-electron chi connectivity index (χ0n) is 19.8. The molecular formula is C26H32N2O4S. The van der Waals surface area contributed by atoms with Gasteiger partial charge >= 0.3 is 0 Å². The predicted octanol–water partition coefficient (Wildman–Crippen LogP) is 6.38. The number of aromatic nitrogens is 1. The summed E-state index contributed by atoms with van der Waals surface area (Å²) in [6.07, 6.45) is 7.37. The molecule has 1 heterocycles. The van der Waals surface area contributed by atoms with Gasteiger partial charge in [-0.25, -0.2) is 4.99 Å². The van der Waals surface area contributed by atoms with Crippen molar-refractivity contribution in [1.82, 2.24) is 4.57 Å². The van der Waals surface area contributed by atoms with E-state index in [-0.39, 0.29) is 0 Å². The first-order chi connectivity index (χ1) is 16.2. The van der Waals surface area contributed by atoms with Crippen LogP contribution in [-0.4, -0.2) is 33.0 Å². The average molecular weight is 469 g/mol. The molecule has 1 aliphatic carbocycles. The first-order valence-electron chi connectivity index (χ1n) is 11.4. The highest BCUT2D eigenvalue weighted by Crippen LogP contribution is 2.42. The molecule has 1 fully saturated rings. The molecule has 0 aliphatic heterocycles. The van der Waals surface area contributed by atoms with Gasteiger partial charge in [0.2, 0.25) is 5.75 Å². The number of benzene rings is 2. The zero-order valence-corrected chi connectivity index (χ0v) is 20.6. The van der Waals surface area contributed by atoms with Crippen molar-refractivity contribution >= 4 is 17.0 Å². The Morgan fingerprint density at radius 2 is 1.55 bits per heavy atom. The summed E-state index contributed by atoms with van der Waals surface area (Å²) in [7, 11) is 6.61. The smallest absolute Gasteiger partial charge is 0.203 e. The molecule has 0 saturated heterocycles. The van der Waals surface area contributed by atoms with Crippen molar-refractivity contribution in [3.8, 4) is 34.3 Å². The number of nitrogens with zero attached hydrogens (tertiary/aromatic N) is 2. The third-order valence-corrected chi connectivity index (χ3v) is 7.01. The maximum absolute atomic E-state index is 5.63. The molecule has 0 atom stereocenters. The molecule has 7 heteroatoms. The van der Waals surface area contributed by atoms with Crippen molar-refractivity contribution in [3.05, 3.63) is 46.6 Å². The van der Waals surface area contributed by atoms with Crippen LogP contribution >= 0.6 is 11.3 Å². The van der Waals surface area contributed by atoms with Crippen LogP contribution < -0.4 is 23.7 Å². The molecule has 1 saturated carbocycles. The van der Waals surface area contributed by atoms with Crippen molar-refractivity contribution < 1.29 is 18.9 Å². The maximum Gasteiger partial charge on any atom is 0.203 e. The van der Waals surface area contributed by atoms with E-state index in [1.54, 1.807) is 39.8 Å². The van der Waals surface area contributed by atoms with E-state index in [1.165, 1.54) is 25.7 Å². The molecular weight excluding hydrogens is 436 g/mol. The molecule has 0 spiro atoms. The quantitative estimate of drug-likeness (QED) is 0.378. The Kier molecular flexibility index (Phi) is 7.60. The Hall–Kier alpha value is -2.93. The summed E-state index contributed by atoms with van der Waals surface area (Å²) in [4.78, 5) is 6.02. The summed E-state index contributed by atoms with van der Waals surface area (Å²) in [5, 5.41) is 2.19. The number of hydrogen-bond acceptors (Lipinski definition) is 6. The summed E-state index contributed by atoms with van der Waals surface area (Å²) in [6.45, 7) is 0. The van der Waals surface area contributed by atoms with E-state index in [4.69, 9.17) is 23.9 Å². The molecule has 0 radical (unpaired) electrons. The summed E-state index contributed by atoms with van der Waals surface area (Å²) >= 11 is 1.66. The number of thiazole rings is 1. The van der Waals surface area contributed by atoms with Crippen LogP contribution in [-0.2, 0) is 0 Å². The Morgan fingerprint density at radius 1 is 0.848 bits per heavy atom. The van der Waals surface area contributed by atoms with Gasteiger partial charge in [0, 0.05) is 23.1 Å². The fraction of sp³-hybridized carbons (Fsp3) is 0.423. The second-order valence-electron chi connectivity index (χ2n) is 8.15. The van der Waals surface area contributed by atoms with Crippen LogP contribution in [0.4, 0.5) is 5.69 Å². The summed E-state index contributed by atoms with van der Waals surface area (Å²) in [6, 6.07) is 12.3. The molecule has 176 valence electrons. The van der Waals surface area contributed by atoms with E-state index < -0.39 is 0 Å². The van der Waals surface area contributed by atoms with Crippen molar-refractivity contribution in [1.29, 1.82) is 0 Å². The number of ether oxygens (including phenoxy) is 4. The SMILES string of the molecule is COc1cccc(N=c2scc(-c3cc(OC)c(OC)c(OC)c3)n2C2CCCCCC2)c1. The van der Waals surface area contributed by atoms with E-state index >= 15 is 0 Å². The Balaban J connectivity index is 1.89. The Bertz CT molecular complexity index is 1120. The largest absolute Gasteiger partial charge is 0.497 e. The molecule has 0 unspecified atom stereocenters. The van der Waals surface area contributed by atoms with Gasteiger partial charge in [0.25, 0.3) is 0 Å². The van der Waals surface area contributed by atoms with E-state index in [0.29, 0.717) is 23.3 Å². The first kappa shape index (κ1) is 23.2. The highest BCUT2D eigenvalue weighted by Gasteiger charge is 2.22. The standard InChI is InChI=1S/C26H32N2O4S/c1-29-21-13-9-10-19(16-21)27-26-28(20-11-7-5-6-8-12-20)22(17-33-26)18-14-23(30-2)25(32-4)24(15-18)31-3/h9-10,13-17,20H,5-8,11-12H2,1-4H3. The Morgan fingerprint density at radius 3 is 2.15 bits per heavy atom. The van der Waals surface area contributed by atoms with E-state index in [0.717, 1.165) is 40.3 Å². The third kappa shape index (κ3) is 5.03. The van der Waals surface area contributed by atoms with Gasteiger partial charge in [-0.3, -0.25) is 0 Å². The van der Waals surface area contributed by atoms with Gasteiger partial charge in [-0.15, -0.1) is 11.3 Å². The zero-order chi connectivity index (χ0) is 23.2. The van der Waals surface area contributed by atoms with Crippen LogP contribution in [0.2, 0.25) is 0 Å². The molecule has 0 N–H and O–H groups in total. The molecule has 6 nitrogen and oxygen atoms in total. The minimum Gasteiger partial charge on any atom is -0.497 e. The molecule has 33 heavy (non-hydrogen) atoms. The molecule has 0 amide bonds. The lowest BCUT2D eigenvalue weighted by molar-refractivity contribution is 0.324. The van der Waals surface area contributed by atoms with Crippen LogP contribution in [0.1, 0.15) is 44.6 Å². The Labute approximate surface area is 199 Å². The minimum absolute atomic E-state index is 0.400. The van der Waals surface area contributed by atoms with E-state index in [1.807, 2.05) is 36.4 Å². The third-order valence-electron chi connectivity index (χ3n) is 6.17. The van der Waals surface area contributed by atoms with Crippen molar-refractivity contribution in [2.75, 3.05) is 28.4 Å². The van der Waals surface area contributed by atoms with Crippen LogP contribution in [0.5, 0.6) is 23.0 Å². The van der Waals surface area contributed by atoms with Crippen molar-refractivity contribution in [3.63, 3.8) is 0 Å². The fourth-order valence-electron chi connectivity index (χ4n) is 4.50. The maximum atomic E-state index is 5.63. The minimum atomic E-state index is 0.400. The highest BCUT2D eigenvalue weighted by molar-refractivity contribution is 7.07. The molecule has 0 bridgehead atoms. The lowest BCUT2D eigenvalue weighted by Crippen LogP contribution is -2.21. The number of methoxy groups -OCH3 is 4. The first-order valence-corrected chi connectivity index (χ1v) is 12.3. The van der Waals surface area contributed by atoms with Gasteiger partial charge in [-0.2, -0.15) is 0 Å². The van der Waals surface area contributed by atoms with Gasteiger partial charge in [-0.05, 0) is 37.1 Å². The second kappa shape index (κ2) is 10.8. The second-order valence-corrected chi connectivity index (χ2v) is 8.98.